The lowest BCUT2D eigenvalue weighted by Crippen LogP contribution is -2.38. The van der Waals surface area contributed by atoms with Gasteiger partial charge in [0.05, 0.1) is 41.4 Å². The molecule has 0 aliphatic heterocycles. The number of alkyl carbamates (subject to hydrolysis) is 1. The van der Waals surface area contributed by atoms with Crippen molar-refractivity contribution < 1.29 is 37.3 Å². The topological polar surface area (TPSA) is 103 Å². The van der Waals surface area contributed by atoms with E-state index >= 15 is 0 Å². The summed E-state index contributed by atoms with van der Waals surface area (Å²) in [5.74, 6) is 0. The van der Waals surface area contributed by atoms with Crippen molar-refractivity contribution in [3.05, 3.63) is 0 Å². The Labute approximate surface area is 220 Å². The molecule has 2 N–H and O–H groups in total. The van der Waals surface area contributed by atoms with Crippen LogP contribution in [0.5, 0.6) is 0 Å². The SMILES string of the molecule is CCCCCCCCCCCCCCCCOCC(CNC(=O)OC)OP(=O)(O)OCC[N+](C)(C)C. The maximum Gasteiger partial charge on any atom is 0.472 e. The molecule has 0 aromatic heterocycles. The highest BCUT2D eigenvalue weighted by Gasteiger charge is 2.28. The van der Waals surface area contributed by atoms with Crippen molar-refractivity contribution in [3.8, 4) is 0 Å². The van der Waals surface area contributed by atoms with Gasteiger partial charge in [-0.25, -0.2) is 9.36 Å². The molecule has 36 heavy (non-hydrogen) atoms. The molecule has 0 radical (unpaired) electrons. The number of quaternary nitrogens is 1. The lowest BCUT2D eigenvalue weighted by atomic mass is 10.0. The van der Waals surface area contributed by atoms with E-state index < -0.39 is 20.0 Å². The molecule has 0 bridgehead atoms. The number of unbranched alkanes of at least 4 members (excludes halogenated alkanes) is 13. The second kappa shape index (κ2) is 22.3. The summed E-state index contributed by atoms with van der Waals surface area (Å²) in [4.78, 5) is 21.4. The Hall–Kier alpha value is -0.700. The van der Waals surface area contributed by atoms with Crippen LogP contribution in [0.2, 0.25) is 0 Å². The number of phosphoric acid groups is 1. The van der Waals surface area contributed by atoms with Crippen molar-refractivity contribution in [2.75, 3.05) is 61.2 Å². The van der Waals surface area contributed by atoms with Gasteiger partial charge in [0.25, 0.3) is 0 Å². The van der Waals surface area contributed by atoms with E-state index in [9.17, 15) is 14.3 Å². The Morgan fingerprint density at radius 1 is 0.861 bits per heavy atom. The largest absolute Gasteiger partial charge is 0.472 e. The molecule has 0 heterocycles. The maximum atomic E-state index is 12.3. The number of carbonyl (C=O) groups excluding carboxylic acids is 1. The summed E-state index contributed by atoms with van der Waals surface area (Å²) in [5.41, 5.74) is 0. The van der Waals surface area contributed by atoms with Gasteiger partial charge in [-0.15, -0.1) is 0 Å². The monoisotopic (exact) mass is 539 g/mol. The van der Waals surface area contributed by atoms with Gasteiger partial charge in [-0.1, -0.05) is 90.4 Å². The second-order valence-corrected chi connectivity index (χ2v) is 12.0. The fourth-order valence-corrected chi connectivity index (χ4v) is 4.54. The number of methoxy groups -OCH3 is 1. The molecule has 0 spiro atoms. The Morgan fingerprint density at radius 3 is 1.83 bits per heavy atom. The third kappa shape index (κ3) is 25.0. The van der Waals surface area contributed by atoms with Gasteiger partial charge in [-0.2, -0.15) is 0 Å². The second-order valence-electron chi connectivity index (χ2n) is 10.6. The summed E-state index contributed by atoms with van der Waals surface area (Å²) in [6.07, 6.45) is 16.6. The van der Waals surface area contributed by atoms with Crippen LogP contribution < -0.4 is 5.32 Å². The molecule has 2 atom stereocenters. The summed E-state index contributed by atoms with van der Waals surface area (Å²) in [7, 11) is 2.85. The van der Waals surface area contributed by atoms with Crippen LogP contribution in [0.15, 0.2) is 0 Å². The first-order valence-electron chi connectivity index (χ1n) is 14.0. The molecule has 10 heteroatoms. The molecular formula is C26H56N2O7P+. The van der Waals surface area contributed by atoms with Crippen molar-refractivity contribution in [1.82, 2.24) is 5.32 Å². The number of rotatable bonds is 25. The van der Waals surface area contributed by atoms with Crippen LogP contribution in [-0.2, 0) is 23.1 Å². The molecule has 0 aliphatic rings. The highest BCUT2D eigenvalue weighted by molar-refractivity contribution is 7.47. The number of carbonyl (C=O) groups is 1. The molecule has 0 rings (SSSR count). The summed E-state index contributed by atoms with van der Waals surface area (Å²) in [6, 6.07) is 0. The lowest BCUT2D eigenvalue weighted by Gasteiger charge is -2.25. The van der Waals surface area contributed by atoms with E-state index in [1.807, 2.05) is 21.1 Å². The van der Waals surface area contributed by atoms with E-state index in [2.05, 4.69) is 17.0 Å². The molecule has 0 fully saturated rings. The van der Waals surface area contributed by atoms with Gasteiger partial charge < -0.3 is 24.2 Å². The zero-order valence-corrected chi connectivity index (χ0v) is 24.7. The van der Waals surface area contributed by atoms with Crippen molar-refractivity contribution in [2.24, 2.45) is 0 Å². The summed E-state index contributed by atoms with van der Waals surface area (Å²) < 4.78 is 33.5. The molecule has 0 saturated heterocycles. The zero-order chi connectivity index (χ0) is 27.1. The quantitative estimate of drug-likeness (QED) is 0.0827. The molecule has 9 nitrogen and oxygen atoms in total. The van der Waals surface area contributed by atoms with Crippen LogP contribution in [0.1, 0.15) is 96.8 Å². The first-order chi connectivity index (χ1) is 17.1. The van der Waals surface area contributed by atoms with Gasteiger partial charge in [0.15, 0.2) is 0 Å². The number of phosphoric ester groups is 1. The predicted octanol–water partition coefficient (Wildman–Crippen LogP) is 6.05. The number of ether oxygens (including phenoxy) is 2. The Bertz CT molecular complexity index is 573. The van der Waals surface area contributed by atoms with E-state index in [1.165, 1.54) is 84.2 Å². The van der Waals surface area contributed by atoms with Gasteiger partial charge >= 0.3 is 13.9 Å². The van der Waals surface area contributed by atoms with Crippen LogP contribution in [0.4, 0.5) is 4.79 Å². The smallest absolute Gasteiger partial charge is 0.453 e. The van der Waals surface area contributed by atoms with E-state index in [1.54, 1.807) is 0 Å². The van der Waals surface area contributed by atoms with Gasteiger partial charge in [-0.3, -0.25) is 9.05 Å². The summed E-state index contributed by atoms with van der Waals surface area (Å²) >= 11 is 0. The normalized spacial score (nSPS) is 14.4. The fraction of sp³-hybridized carbons (Fsp3) is 0.962. The van der Waals surface area contributed by atoms with E-state index in [0.29, 0.717) is 17.6 Å². The van der Waals surface area contributed by atoms with Gasteiger partial charge in [0.1, 0.15) is 19.3 Å². The molecule has 2 unspecified atom stereocenters. The Morgan fingerprint density at radius 2 is 1.36 bits per heavy atom. The average Bonchev–Trinajstić information content (AvgIpc) is 2.80. The van der Waals surface area contributed by atoms with Crippen molar-refractivity contribution >= 4 is 13.9 Å². The van der Waals surface area contributed by atoms with Crippen molar-refractivity contribution in [1.29, 1.82) is 0 Å². The Kier molecular flexibility index (Phi) is 21.9. The third-order valence-electron chi connectivity index (χ3n) is 5.90. The minimum atomic E-state index is -4.28. The molecule has 0 aromatic rings. The van der Waals surface area contributed by atoms with Gasteiger partial charge in [0, 0.05) is 6.61 Å². The molecule has 1 amide bonds. The number of hydrogen-bond acceptors (Lipinski definition) is 6. The van der Waals surface area contributed by atoms with Crippen LogP contribution in [-0.4, -0.2) is 82.7 Å². The first-order valence-corrected chi connectivity index (χ1v) is 15.4. The number of nitrogens with zero attached hydrogens (tertiary/aromatic N) is 1. The minimum absolute atomic E-state index is 0.0192. The zero-order valence-electron chi connectivity index (χ0n) is 23.8. The number of nitrogens with one attached hydrogen (secondary N) is 1. The number of likely N-dealkylation sites (N-methyl/N-ethyl adjacent to an activating group) is 1. The number of amides is 1. The van der Waals surface area contributed by atoms with Crippen LogP contribution in [0.25, 0.3) is 0 Å². The summed E-state index contributed by atoms with van der Waals surface area (Å²) in [5, 5.41) is 2.48. The Balaban J connectivity index is 3.95. The molecule has 0 saturated carbocycles. The third-order valence-corrected chi connectivity index (χ3v) is 6.98. The summed E-state index contributed by atoms with van der Waals surface area (Å²) in [6.45, 7) is 3.48. The molecule has 0 aromatic carbocycles. The lowest BCUT2D eigenvalue weighted by molar-refractivity contribution is -0.870. The molecule has 216 valence electrons. The molecular weight excluding hydrogens is 483 g/mol. The number of hydrogen-bond donors (Lipinski definition) is 2. The fourth-order valence-electron chi connectivity index (χ4n) is 3.66. The van der Waals surface area contributed by atoms with Gasteiger partial charge in [0.2, 0.25) is 0 Å². The van der Waals surface area contributed by atoms with E-state index in [0.717, 1.165) is 12.8 Å². The van der Waals surface area contributed by atoms with Crippen molar-refractivity contribution in [2.45, 2.75) is 103 Å². The van der Waals surface area contributed by atoms with Gasteiger partial charge in [-0.05, 0) is 6.42 Å². The highest BCUT2D eigenvalue weighted by Crippen LogP contribution is 2.44. The minimum Gasteiger partial charge on any atom is -0.453 e. The predicted molar refractivity (Wildman–Crippen MR) is 145 cm³/mol. The van der Waals surface area contributed by atoms with Crippen LogP contribution in [0.3, 0.4) is 0 Å². The highest BCUT2D eigenvalue weighted by atomic mass is 31.2. The average molecular weight is 540 g/mol. The van der Waals surface area contributed by atoms with Crippen LogP contribution in [0, 0.1) is 0 Å². The molecule has 0 aliphatic carbocycles. The van der Waals surface area contributed by atoms with E-state index in [-0.39, 0.29) is 19.8 Å². The first kappa shape index (κ1) is 35.3. The maximum absolute atomic E-state index is 12.3. The van der Waals surface area contributed by atoms with Crippen LogP contribution >= 0.6 is 7.82 Å². The van der Waals surface area contributed by atoms with Crippen molar-refractivity contribution in [3.63, 3.8) is 0 Å². The standard InChI is InChI=1S/C26H55N2O7P/c1-6-7-8-9-10-11-12-13-14-15-16-17-18-19-21-33-24-25(23-27-26(29)32-5)35-36(30,31)34-22-20-28(2,3)4/h25H,6-24H2,1-5H3,(H-,27,29,30,31)/p+1. The van der Waals surface area contributed by atoms with E-state index in [4.69, 9.17) is 13.8 Å².